The molecule has 102 valence electrons. The van der Waals surface area contributed by atoms with Crippen molar-refractivity contribution >= 4 is 37.8 Å². The van der Waals surface area contributed by atoms with Gasteiger partial charge in [-0.15, -0.1) is 0 Å². The van der Waals surface area contributed by atoms with E-state index in [0.29, 0.717) is 13.2 Å². The molecule has 2 nitrogen and oxygen atoms in total. The molecule has 17 heavy (non-hydrogen) atoms. The summed E-state index contributed by atoms with van der Waals surface area (Å²) < 4.78 is 12.4. The van der Waals surface area contributed by atoms with Gasteiger partial charge in [-0.25, -0.2) is 0 Å². The zero-order valence-corrected chi connectivity index (χ0v) is 20.1. The molecule has 0 aromatic heterocycles. The van der Waals surface area contributed by atoms with Crippen molar-refractivity contribution in [2.24, 2.45) is 5.41 Å². The molecular formula is C9H19Cl4O2TaZn. The summed E-state index contributed by atoms with van der Waals surface area (Å²) >= 11 is -3.06. The average Bonchev–Trinajstić information content (AvgIpc) is 2.12. The summed E-state index contributed by atoms with van der Waals surface area (Å²) in [6.07, 6.45) is 0. The van der Waals surface area contributed by atoms with Gasteiger partial charge >= 0.3 is 98.7 Å². The molecular weight excluding hydrogens is 528 g/mol. The first kappa shape index (κ1) is 24.3. The zero-order valence-electron chi connectivity index (χ0n) is 10.9. The van der Waals surface area contributed by atoms with E-state index in [4.69, 9.17) is 37.8 Å². The molecule has 0 N–H and O–H groups in total. The predicted octanol–water partition coefficient (Wildman–Crippen LogP) is 4.57. The molecule has 0 spiro atoms. The van der Waals surface area contributed by atoms with Crippen LogP contribution in [-0.4, -0.2) is 27.4 Å². The third-order valence-corrected chi connectivity index (χ3v) is 5.31. The summed E-state index contributed by atoms with van der Waals surface area (Å²) in [7, 11) is 24.4. The van der Waals surface area contributed by atoms with Crippen LogP contribution in [0.25, 0.3) is 0 Å². The van der Waals surface area contributed by atoms with Crippen LogP contribution >= 0.6 is 37.8 Å². The van der Waals surface area contributed by atoms with Crippen LogP contribution in [0.4, 0.5) is 0 Å². The molecule has 0 unspecified atom stereocenters. The van der Waals surface area contributed by atoms with Gasteiger partial charge in [0, 0.05) is 14.2 Å². The molecule has 0 atom stereocenters. The number of hydrogen-bond donors (Lipinski definition) is 0. The zero-order chi connectivity index (χ0) is 14.3. The van der Waals surface area contributed by atoms with Gasteiger partial charge in [0.15, 0.2) is 0 Å². The first-order chi connectivity index (χ1) is 7.74. The molecule has 0 aliphatic heterocycles. The fourth-order valence-corrected chi connectivity index (χ4v) is 6.39. The van der Waals surface area contributed by atoms with Gasteiger partial charge in [-0.2, -0.15) is 0 Å². The Balaban J connectivity index is -0.000000193. The van der Waals surface area contributed by atoms with Crippen LogP contribution in [0.2, 0.25) is 0 Å². The van der Waals surface area contributed by atoms with Gasteiger partial charge in [-0.1, -0.05) is 0 Å². The summed E-state index contributed by atoms with van der Waals surface area (Å²) in [5.41, 5.74) is 0.0986. The van der Waals surface area contributed by atoms with Crippen LogP contribution in [0.1, 0.15) is 20.8 Å². The number of ether oxygens (including phenoxy) is 2. The summed E-state index contributed by atoms with van der Waals surface area (Å²) in [4.78, 5) is 0. The van der Waals surface area contributed by atoms with Gasteiger partial charge in [-0.05, 0) is 0 Å². The van der Waals surface area contributed by atoms with E-state index >= 15 is 0 Å². The third kappa shape index (κ3) is 45.9. The van der Waals surface area contributed by atoms with E-state index in [0.717, 1.165) is 0 Å². The van der Waals surface area contributed by atoms with Crippen molar-refractivity contribution < 1.29 is 40.2 Å². The Morgan fingerprint density at radius 2 is 1.35 bits per heavy atom. The van der Waals surface area contributed by atoms with Crippen LogP contribution in [0.15, 0.2) is 0 Å². The molecule has 0 saturated carbocycles. The Morgan fingerprint density at radius 3 is 1.41 bits per heavy atom. The van der Waals surface area contributed by atoms with Gasteiger partial charge in [-0.3, -0.25) is 0 Å². The molecule has 0 bridgehead atoms. The van der Waals surface area contributed by atoms with Gasteiger partial charge in [0.2, 0.25) is 0 Å². The SMILES string of the molecule is CC(C)(C)[C]#[Ta]([Cl])[Cl].COCCOC.[Cl][Zn][Cl]. The average molecular weight is 547 g/mol. The van der Waals surface area contributed by atoms with Gasteiger partial charge in [0.05, 0.1) is 13.2 Å². The number of rotatable bonds is 3. The first-order valence-corrected chi connectivity index (χ1v) is 22.1. The molecule has 0 aliphatic rings. The molecule has 0 aromatic rings. The van der Waals surface area contributed by atoms with Crippen LogP contribution in [0.3, 0.4) is 0 Å². The fraction of sp³-hybridized carbons (Fsp3) is 0.889. The molecule has 0 aromatic carbocycles. The van der Waals surface area contributed by atoms with E-state index in [-0.39, 0.29) is 5.41 Å². The van der Waals surface area contributed by atoms with Crippen molar-refractivity contribution in [3.05, 3.63) is 0 Å². The van der Waals surface area contributed by atoms with Gasteiger partial charge < -0.3 is 9.47 Å². The second kappa shape index (κ2) is 18.2. The maximum atomic E-state index is 5.62. The van der Waals surface area contributed by atoms with Crippen molar-refractivity contribution in [2.45, 2.75) is 20.8 Å². The van der Waals surface area contributed by atoms with Crippen LogP contribution in [-0.2, 0) is 40.2 Å². The summed E-state index contributed by atoms with van der Waals surface area (Å²) in [6, 6.07) is 0. The quantitative estimate of drug-likeness (QED) is 0.381. The predicted molar refractivity (Wildman–Crippen MR) is 70.5 cm³/mol. The monoisotopic (exact) mass is 544 g/mol. The van der Waals surface area contributed by atoms with E-state index in [9.17, 15) is 0 Å². The van der Waals surface area contributed by atoms with Crippen molar-refractivity contribution in [3.8, 4) is 4.03 Å². The molecule has 0 heterocycles. The van der Waals surface area contributed by atoms with Crippen LogP contribution in [0, 0.1) is 9.44 Å². The summed E-state index contributed by atoms with van der Waals surface area (Å²) in [5, 5.41) is 0. The molecule has 8 heteroatoms. The minimum atomic E-state index is -2.13. The fourth-order valence-electron chi connectivity index (χ4n) is 0.420. The molecule has 0 saturated heterocycles. The molecule has 0 aliphatic carbocycles. The topological polar surface area (TPSA) is 18.5 Å². The van der Waals surface area contributed by atoms with Gasteiger partial charge in [0.1, 0.15) is 0 Å². The van der Waals surface area contributed by atoms with E-state index < -0.39 is 30.8 Å². The molecule has 0 radical (unpaired) electrons. The first-order valence-electron chi connectivity index (χ1n) is 4.74. The van der Waals surface area contributed by atoms with Crippen molar-refractivity contribution in [1.82, 2.24) is 0 Å². The van der Waals surface area contributed by atoms with Crippen molar-refractivity contribution in [3.63, 3.8) is 0 Å². The second-order valence-corrected chi connectivity index (χ2v) is 17.7. The Labute approximate surface area is 134 Å². The van der Waals surface area contributed by atoms with Crippen molar-refractivity contribution in [2.75, 3.05) is 27.4 Å². The molecule has 0 fully saturated rings. The number of methoxy groups -OCH3 is 2. The Morgan fingerprint density at radius 1 is 1.06 bits per heavy atom. The normalized spacial score (nSPS) is 8.76. The Bertz CT molecular complexity index is 213. The Kier molecular flexibility index (Phi) is 26.0. The molecule has 0 rings (SSSR count). The third-order valence-electron chi connectivity index (χ3n) is 0.912. The second-order valence-electron chi connectivity index (χ2n) is 3.68. The van der Waals surface area contributed by atoms with E-state index in [1.54, 1.807) is 14.2 Å². The van der Waals surface area contributed by atoms with Gasteiger partial charge in [0.25, 0.3) is 0 Å². The summed E-state index contributed by atoms with van der Waals surface area (Å²) in [5.74, 6) is 0. The number of halogens is 4. The van der Waals surface area contributed by atoms with E-state index in [1.807, 2.05) is 0 Å². The van der Waals surface area contributed by atoms with Crippen molar-refractivity contribution in [1.29, 1.82) is 0 Å². The number of hydrogen-bond acceptors (Lipinski definition) is 2. The van der Waals surface area contributed by atoms with E-state index in [2.05, 4.69) is 34.3 Å². The maximum absolute atomic E-state index is 5.62. The minimum absolute atomic E-state index is 0.0986. The van der Waals surface area contributed by atoms with Crippen LogP contribution < -0.4 is 0 Å². The Hall–Kier alpha value is 2.22. The van der Waals surface area contributed by atoms with Crippen LogP contribution in [0.5, 0.6) is 0 Å². The molecule has 0 amide bonds. The summed E-state index contributed by atoms with van der Waals surface area (Å²) in [6.45, 7) is 7.55. The van der Waals surface area contributed by atoms with E-state index in [1.165, 1.54) is 0 Å². The standard InChI is InChI=1S/C5H9.C4H10O2.4ClH.Ta.Zn/c1-5(2,3)4;1-5-3-4-6-2;;;;;;/h1-3H3;3-4H2,1-2H3;4*1H;;/q;;;;;;2*+2/p-4.